The quantitative estimate of drug-likeness (QED) is 0.719. The number of hydrogen-bond acceptors (Lipinski definition) is 5. The minimum Gasteiger partial charge on any atom is -0.388 e. The minimum absolute atomic E-state index is 0.367. The second-order valence-corrected chi connectivity index (χ2v) is 4.80. The maximum atomic E-state index is 11.4. The first-order chi connectivity index (χ1) is 8.66. The van der Waals surface area contributed by atoms with Gasteiger partial charge in [0.1, 0.15) is 5.82 Å². The molecule has 0 saturated heterocycles. The van der Waals surface area contributed by atoms with E-state index in [0.29, 0.717) is 18.0 Å². The zero-order valence-corrected chi connectivity index (χ0v) is 9.89. The van der Waals surface area contributed by atoms with E-state index in [1.54, 1.807) is 12.1 Å². The summed E-state index contributed by atoms with van der Waals surface area (Å²) >= 11 is 0. The summed E-state index contributed by atoms with van der Waals surface area (Å²) in [6, 6.07) is 3.44. The summed E-state index contributed by atoms with van der Waals surface area (Å²) in [7, 11) is 0. The van der Waals surface area contributed by atoms with Crippen molar-refractivity contribution in [3.63, 3.8) is 0 Å². The number of anilines is 1. The fraction of sp³-hybridized carbons (Fsp3) is 0.545. The van der Waals surface area contributed by atoms with Crippen LogP contribution in [-0.2, 0) is 0 Å². The molecule has 2 heterocycles. The minimum atomic E-state index is -0.641. The van der Waals surface area contributed by atoms with E-state index in [-0.39, 0.29) is 5.69 Å². The van der Waals surface area contributed by atoms with Crippen LogP contribution in [0.1, 0.15) is 25.7 Å². The number of rotatable bonds is 3. The highest BCUT2D eigenvalue weighted by atomic mass is 16.3. The van der Waals surface area contributed by atoms with Crippen molar-refractivity contribution < 1.29 is 5.11 Å². The average Bonchev–Trinajstić information content (AvgIpc) is 2.95. The van der Waals surface area contributed by atoms with Gasteiger partial charge < -0.3 is 10.4 Å². The fourth-order valence-electron chi connectivity index (χ4n) is 2.36. The van der Waals surface area contributed by atoms with Crippen molar-refractivity contribution in [3.8, 4) is 0 Å². The number of aliphatic hydroxyl groups is 1. The van der Waals surface area contributed by atoms with Crippen LogP contribution in [0.5, 0.6) is 0 Å². The number of aromatic nitrogens is 4. The van der Waals surface area contributed by atoms with Crippen molar-refractivity contribution in [1.82, 2.24) is 19.8 Å². The maximum absolute atomic E-state index is 11.4. The molecule has 0 atom stereocenters. The average molecular weight is 249 g/mol. The van der Waals surface area contributed by atoms with Gasteiger partial charge in [-0.1, -0.05) is 12.8 Å². The molecule has 0 unspecified atom stereocenters. The van der Waals surface area contributed by atoms with Crippen LogP contribution in [0.4, 0.5) is 5.82 Å². The van der Waals surface area contributed by atoms with Crippen molar-refractivity contribution in [2.75, 3.05) is 11.9 Å². The van der Waals surface area contributed by atoms with Crippen LogP contribution in [0.3, 0.4) is 0 Å². The Balaban J connectivity index is 1.78. The van der Waals surface area contributed by atoms with E-state index in [4.69, 9.17) is 0 Å². The first kappa shape index (κ1) is 11.2. The van der Waals surface area contributed by atoms with E-state index in [2.05, 4.69) is 20.6 Å². The largest absolute Gasteiger partial charge is 0.388 e. The lowest BCUT2D eigenvalue weighted by Gasteiger charge is -2.22. The Morgan fingerprint density at radius 2 is 2.22 bits per heavy atom. The molecule has 3 N–H and O–H groups in total. The van der Waals surface area contributed by atoms with Crippen LogP contribution >= 0.6 is 0 Å². The van der Waals surface area contributed by atoms with Crippen LogP contribution in [0, 0.1) is 0 Å². The highest BCUT2D eigenvalue weighted by molar-refractivity contribution is 5.43. The second kappa shape index (κ2) is 4.09. The summed E-state index contributed by atoms with van der Waals surface area (Å²) in [6.45, 7) is 0.456. The smallest absolute Gasteiger partial charge is 0.364 e. The third kappa shape index (κ3) is 1.97. The zero-order valence-electron chi connectivity index (χ0n) is 9.89. The third-order valence-electron chi connectivity index (χ3n) is 3.41. The molecule has 7 nitrogen and oxygen atoms in total. The van der Waals surface area contributed by atoms with Crippen LogP contribution < -0.4 is 11.0 Å². The lowest BCUT2D eigenvalue weighted by Crippen LogP contribution is -2.33. The second-order valence-electron chi connectivity index (χ2n) is 4.80. The van der Waals surface area contributed by atoms with Crippen molar-refractivity contribution in [3.05, 3.63) is 22.6 Å². The number of nitrogens with zero attached hydrogens (tertiary/aromatic N) is 3. The van der Waals surface area contributed by atoms with Crippen LogP contribution in [-0.4, -0.2) is 37.1 Å². The molecule has 1 saturated carbocycles. The van der Waals surface area contributed by atoms with Gasteiger partial charge in [0.25, 0.3) is 0 Å². The van der Waals surface area contributed by atoms with Crippen LogP contribution in [0.25, 0.3) is 5.65 Å². The monoisotopic (exact) mass is 249 g/mol. The van der Waals surface area contributed by atoms with Crippen molar-refractivity contribution >= 4 is 11.5 Å². The van der Waals surface area contributed by atoms with E-state index in [9.17, 15) is 9.90 Å². The van der Waals surface area contributed by atoms with Crippen molar-refractivity contribution in [2.45, 2.75) is 31.3 Å². The Kier molecular flexibility index (Phi) is 2.55. The Bertz CT molecular complexity index is 611. The molecule has 0 bridgehead atoms. The number of hydrogen-bond donors (Lipinski definition) is 3. The van der Waals surface area contributed by atoms with Gasteiger partial charge in [0, 0.05) is 6.54 Å². The molecule has 1 aliphatic carbocycles. The molecule has 2 aromatic heterocycles. The van der Waals surface area contributed by atoms with Gasteiger partial charge >= 0.3 is 5.69 Å². The summed E-state index contributed by atoms with van der Waals surface area (Å²) in [5.74, 6) is 0.561. The first-order valence-electron chi connectivity index (χ1n) is 6.07. The van der Waals surface area contributed by atoms with Gasteiger partial charge in [-0.05, 0) is 25.0 Å². The standard InChI is InChI=1S/C11H15N5O2/c17-10-14-13-9-4-3-8(15-16(9)10)12-7-11(18)5-1-2-6-11/h3-4,18H,1-2,5-7H2,(H,12,15)(H,14,17). The predicted molar refractivity (Wildman–Crippen MR) is 65.5 cm³/mol. The van der Waals surface area contributed by atoms with Gasteiger partial charge in [-0.15, -0.1) is 5.10 Å². The number of nitrogens with one attached hydrogen (secondary N) is 2. The summed E-state index contributed by atoms with van der Waals surface area (Å²) in [5.41, 5.74) is -0.531. The molecule has 1 fully saturated rings. The molecule has 2 aromatic rings. The molecule has 0 amide bonds. The molecule has 96 valence electrons. The Hall–Kier alpha value is -1.89. The fourth-order valence-corrected chi connectivity index (χ4v) is 2.36. The van der Waals surface area contributed by atoms with Crippen molar-refractivity contribution in [2.24, 2.45) is 0 Å². The molecule has 0 spiro atoms. The van der Waals surface area contributed by atoms with Gasteiger partial charge in [0.15, 0.2) is 5.65 Å². The van der Waals surface area contributed by atoms with Crippen LogP contribution in [0.2, 0.25) is 0 Å². The third-order valence-corrected chi connectivity index (χ3v) is 3.41. The molecular weight excluding hydrogens is 234 g/mol. The van der Waals surface area contributed by atoms with Gasteiger partial charge in [-0.2, -0.15) is 9.61 Å². The maximum Gasteiger partial charge on any atom is 0.364 e. The molecule has 1 aliphatic rings. The van der Waals surface area contributed by atoms with Gasteiger partial charge in [-0.25, -0.2) is 9.89 Å². The summed E-state index contributed by atoms with van der Waals surface area (Å²) < 4.78 is 1.20. The first-order valence-corrected chi connectivity index (χ1v) is 6.07. The predicted octanol–water partition coefficient (Wildman–Crippen LogP) is 0.135. The van der Waals surface area contributed by atoms with Gasteiger partial charge in [0.05, 0.1) is 5.60 Å². The topological polar surface area (TPSA) is 95.3 Å². The lowest BCUT2D eigenvalue weighted by molar-refractivity contribution is 0.0613. The van der Waals surface area contributed by atoms with E-state index >= 15 is 0 Å². The molecule has 7 heteroatoms. The molecule has 3 rings (SSSR count). The normalized spacial score (nSPS) is 18.3. The molecule has 0 aromatic carbocycles. The number of H-pyrrole nitrogens is 1. The van der Waals surface area contributed by atoms with E-state index < -0.39 is 5.60 Å². The van der Waals surface area contributed by atoms with Gasteiger partial charge in [-0.3, -0.25) is 0 Å². The summed E-state index contributed by atoms with van der Waals surface area (Å²) in [4.78, 5) is 11.4. The van der Waals surface area contributed by atoms with E-state index in [0.717, 1.165) is 25.7 Å². The van der Waals surface area contributed by atoms with E-state index in [1.165, 1.54) is 4.52 Å². The molecule has 0 aliphatic heterocycles. The lowest BCUT2D eigenvalue weighted by atomic mass is 10.0. The highest BCUT2D eigenvalue weighted by Crippen LogP contribution is 2.29. The summed E-state index contributed by atoms with van der Waals surface area (Å²) in [5, 5.41) is 23.5. The molecule has 0 radical (unpaired) electrons. The Morgan fingerprint density at radius 3 is 3.00 bits per heavy atom. The number of fused-ring (bicyclic) bond motifs is 1. The zero-order chi connectivity index (χ0) is 12.6. The van der Waals surface area contributed by atoms with Crippen LogP contribution in [0.15, 0.2) is 16.9 Å². The molecule has 18 heavy (non-hydrogen) atoms. The number of aromatic amines is 1. The van der Waals surface area contributed by atoms with Gasteiger partial charge in [0.2, 0.25) is 0 Å². The summed E-state index contributed by atoms with van der Waals surface area (Å²) in [6.07, 6.45) is 3.75. The molecular formula is C11H15N5O2. The SMILES string of the molecule is O=c1[nH]nc2ccc(NCC3(O)CCCC3)nn12. The van der Waals surface area contributed by atoms with E-state index in [1.807, 2.05) is 0 Å². The Labute approximate surface area is 103 Å². The Morgan fingerprint density at radius 1 is 1.44 bits per heavy atom. The highest BCUT2D eigenvalue weighted by Gasteiger charge is 2.30. The van der Waals surface area contributed by atoms with Crippen molar-refractivity contribution in [1.29, 1.82) is 0 Å².